The van der Waals surface area contributed by atoms with Gasteiger partial charge in [0.05, 0.1) is 33.7 Å². The van der Waals surface area contributed by atoms with Gasteiger partial charge in [-0.1, -0.05) is 10.9 Å². The molecule has 0 amide bonds. The van der Waals surface area contributed by atoms with Gasteiger partial charge in [-0.2, -0.15) is 0 Å². The van der Waals surface area contributed by atoms with Gasteiger partial charge in [0.2, 0.25) is 0 Å². The van der Waals surface area contributed by atoms with E-state index in [1.54, 1.807) is 19.2 Å². The van der Waals surface area contributed by atoms with E-state index >= 15 is 0 Å². The standard InChI is InChI=1S/C12H16N2O4S2/c1-3-17-10(15)6-5-19-11-7(6)8(13)9(14)20(11)12(16)18-4-2/h5,20H,3-4,13-14H2,1-2H3. The van der Waals surface area contributed by atoms with Gasteiger partial charge >= 0.3 is 11.3 Å². The Morgan fingerprint density at radius 2 is 1.90 bits per heavy atom. The Morgan fingerprint density at radius 1 is 1.25 bits per heavy atom. The van der Waals surface area contributed by atoms with Gasteiger partial charge in [0, 0.05) is 10.9 Å². The Hall–Kier alpha value is -1.67. The summed E-state index contributed by atoms with van der Waals surface area (Å²) in [7, 11) is -1.46. The molecule has 0 saturated carbocycles. The van der Waals surface area contributed by atoms with Gasteiger partial charge in [-0.3, -0.25) is 0 Å². The van der Waals surface area contributed by atoms with Crippen molar-refractivity contribution in [2.75, 3.05) is 13.2 Å². The fourth-order valence-corrected chi connectivity index (χ4v) is 5.40. The largest absolute Gasteiger partial charge is 0.462 e. The summed E-state index contributed by atoms with van der Waals surface area (Å²) in [5, 5.41) is 1.56. The average Bonchev–Trinajstić information content (AvgIpc) is 2.91. The van der Waals surface area contributed by atoms with Crippen LogP contribution < -0.4 is 11.5 Å². The van der Waals surface area contributed by atoms with E-state index in [0.29, 0.717) is 20.4 Å². The monoisotopic (exact) mass is 316 g/mol. The molecule has 6 nitrogen and oxygen atoms in total. The first kappa shape index (κ1) is 14.7. The second-order valence-corrected chi connectivity index (χ2v) is 7.03. The molecule has 0 saturated heterocycles. The van der Waals surface area contributed by atoms with Crippen LogP contribution in [0.15, 0.2) is 14.6 Å². The Kier molecular flexibility index (Phi) is 4.24. The summed E-state index contributed by atoms with van der Waals surface area (Å²) in [5.74, 6) is -0.457. The number of hydrogen-bond acceptors (Lipinski definition) is 7. The minimum absolute atomic E-state index is 0.273. The molecule has 0 aliphatic carbocycles. The lowest BCUT2D eigenvalue weighted by Gasteiger charge is -2.14. The predicted octanol–water partition coefficient (Wildman–Crippen LogP) is 2.00. The summed E-state index contributed by atoms with van der Waals surface area (Å²) in [6.45, 7) is 4.00. The van der Waals surface area contributed by atoms with Gasteiger partial charge in [0.15, 0.2) is 0 Å². The molecule has 0 aromatic carbocycles. The summed E-state index contributed by atoms with van der Waals surface area (Å²) in [5.41, 5.74) is 13.1. The fraction of sp³-hybridized carbons (Fsp3) is 0.333. The first-order valence-electron chi connectivity index (χ1n) is 6.03. The molecule has 2 rings (SSSR count). The maximum Gasteiger partial charge on any atom is 0.357 e. The molecule has 1 aliphatic rings. The zero-order chi connectivity index (χ0) is 14.9. The van der Waals surface area contributed by atoms with Crippen LogP contribution in [0.25, 0.3) is 5.70 Å². The molecular formula is C12H16N2O4S2. The molecule has 1 aromatic rings. The Labute approximate surface area is 123 Å². The number of carbonyl (C=O) groups is 2. The number of ether oxygens (including phenoxy) is 2. The lowest BCUT2D eigenvalue weighted by molar-refractivity contribution is 0.0526. The zero-order valence-electron chi connectivity index (χ0n) is 11.1. The van der Waals surface area contributed by atoms with E-state index in [1.807, 2.05) is 0 Å². The number of carbonyl (C=O) groups excluding carboxylic acids is 2. The fourth-order valence-electron chi connectivity index (χ4n) is 1.86. The smallest absolute Gasteiger partial charge is 0.357 e. The van der Waals surface area contributed by atoms with Crippen molar-refractivity contribution in [1.29, 1.82) is 0 Å². The number of rotatable bonds is 3. The highest BCUT2D eigenvalue weighted by molar-refractivity contribution is 8.33. The van der Waals surface area contributed by atoms with Crippen LogP contribution in [-0.4, -0.2) is 24.5 Å². The number of fused-ring (bicyclic) bond motifs is 1. The lowest BCUT2D eigenvalue weighted by Crippen LogP contribution is -2.10. The Balaban J connectivity index is 2.44. The Morgan fingerprint density at radius 3 is 2.50 bits per heavy atom. The number of thiophene rings is 1. The van der Waals surface area contributed by atoms with E-state index in [0.717, 1.165) is 0 Å². The number of esters is 1. The highest BCUT2D eigenvalue weighted by Gasteiger charge is 2.36. The van der Waals surface area contributed by atoms with Gasteiger partial charge < -0.3 is 20.9 Å². The SMILES string of the molecule is CCOC(=O)c1csc2c1C(N)=C(N)[SH]2C(=O)OCC. The molecule has 0 fully saturated rings. The second-order valence-electron chi connectivity index (χ2n) is 3.88. The molecule has 2 heterocycles. The summed E-state index contributed by atoms with van der Waals surface area (Å²) < 4.78 is 10.7. The van der Waals surface area contributed by atoms with Gasteiger partial charge in [-0.25, -0.2) is 9.59 Å². The first-order chi connectivity index (χ1) is 9.52. The van der Waals surface area contributed by atoms with Crippen LogP contribution in [-0.2, 0) is 9.47 Å². The number of nitrogens with two attached hydrogens (primary N) is 2. The quantitative estimate of drug-likeness (QED) is 0.582. The van der Waals surface area contributed by atoms with Crippen LogP contribution in [0.1, 0.15) is 29.8 Å². The molecule has 1 atom stereocenters. The normalized spacial score (nSPS) is 18.8. The van der Waals surface area contributed by atoms with Crippen molar-refractivity contribution in [1.82, 2.24) is 0 Å². The van der Waals surface area contributed by atoms with Crippen molar-refractivity contribution in [3.8, 4) is 0 Å². The van der Waals surface area contributed by atoms with Crippen LogP contribution in [0.3, 0.4) is 0 Å². The maximum atomic E-state index is 12.0. The lowest BCUT2D eigenvalue weighted by atomic mass is 10.1. The van der Waals surface area contributed by atoms with Gasteiger partial charge in [-0.15, -0.1) is 11.3 Å². The maximum absolute atomic E-state index is 12.0. The topological polar surface area (TPSA) is 105 Å². The van der Waals surface area contributed by atoms with Crippen LogP contribution >= 0.6 is 22.2 Å². The molecule has 8 heteroatoms. The molecule has 20 heavy (non-hydrogen) atoms. The van der Waals surface area contributed by atoms with E-state index in [2.05, 4.69) is 0 Å². The minimum Gasteiger partial charge on any atom is -0.462 e. The molecule has 4 N–H and O–H groups in total. The highest BCUT2D eigenvalue weighted by Crippen LogP contribution is 2.56. The third kappa shape index (κ3) is 2.25. The molecule has 0 spiro atoms. The molecule has 1 unspecified atom stereocenters. The van der Waals surface area contributed by atoms with Crippen molar-refractivity contribution in [2.45, 2.75) is 18.1 Å². The molecular weight excluding hydrogens is 300 g/mol. The molecule has 1 aliphatic heterocycles. The van der Waals surface area contributed by atoms with E-state index in [4.69, 9.17) is 20.9 Å². The highest BCUT2D eigenvalue weighted by atomic mass is 32.2. The average molecular weight is 316 g/mol. The van der Waals surface area contributed by atoms with Crippen LogP contribution in [0.5, 0.6) is 0 Å². The van der Waals surface area contributed by atoms with E-state index in [9.17, 15) is 9.59 Å². The minimum atomic E-state index is -1.46. The van der Waals surface area contributed by atoms with Crippen LogP contribution in [0, 0.1) is 0 Å². The van der Waals surface area contributed by atoms with Crippen LogP contribution in [0.2, 0.25) is 0 Å². The number of hydrogen-bond donors (Lipinski definition) is 3. The zero-order valence-corrected chi connectivity index (χ0v) is 12.8. The van der Waals surface area contributed by atoms with Crippen molar-refractivity contribution in [3.05, 3.63) is 21.5 Å². The van der Waals surface area contributed by atoms with Crippen molar-refractivity contribution in [3.63, 3.8) is 0 Å². The van der Waals surface area contributed by atoms with Crippen molar-refractivity contribution < 1.29 is 19.1 Å². The molecule has 0 radical (unpaired) electrons. The van der Waals surface area contributed by atoms with Crippen LogP contribution in [0.4, 0.5) is 4.79 Å². The molecule has 0 bridgehead atoms. The van der Waals surface area contributed by atoms with Crippen molar-refractivity contribution in [2.24, 2.45) is 11.5 Å². The summed E-state index contributed by atoms with van der Waals surface area (Å²) in [6, 6.07) is 0. The van der Waals surface area contributed by atoms with E-state index in [-0.39, 0.29) is 24.2 Å². The van der Waals surface area contributed by atoms with E-state index < -0.39 is 16.9 Å². The third-order valence-corrected chi connectivity index (χ3v) is 6.20. The van der Waals surface area contributed by atoms with Crippen molar-refractivity contribution >= 4 is 39.2 Å². The molecule has 110 valence electrons. The second kappa shape index (κ2) is 5.76. The third-order valence-electron chi connectivity index (χ3n) is 2.71. The first-order valence-corrected chi connectivity index (χ1v) is 8.26. The van der Waals surface area contributed by atoms with Gasteiger partial charge in [0.1, 0.15) is 0 Å². The Bertz CT molecular complexity index is 594. The predicted molar refractivity (Wildman–Crippen MR) is 79.8 cm³/mol. The molecule has 1 aromatic heterocycles. The summed E-state index contributed by atoms with van der Waals surface area (Å²) >= 11 is 1.29. The van der Waals surface area contributed by atoms with Gasteiger partial charge in [0.25, 0.3) is 0 Å². The summed E-state index contributed by atoms with van der Waals surface area (Å²) in [4.78, 5) is 23.9. The summed E-state index contributed by atoms with van der Waals surface area (Å²) in [6.07, 6.45) is 0. The van der Waals surface area contributed by atoms with E-state index in [1.165, 1.54) is 11.3 Å². The van der Waals surface area contributed by atoms with Gasteiger partial charge in [-0.05, 0) is 13.8 Å². The number of thiol groups is 1.